The van der Waals surface area contributed by atoms with Crippen molar-refractivity contribution in [1.29, 1.82) is 0 Å². The zero-order valence-corrected chi connectivity index (χ0v) is 16.9. The second kappa shape index (κ2) is 8.02. The number of carbonyl (C=O) groups excluding carboxylic acids is 2. The van der Waals surface area contributed by atoms with Crippen LogP contribution in [0.3, 0.4) is 0 Å². The molecule has 1 fully saturated rings. The molecule has 0 N–H and O–H groups in total. The standard InChI is InChI=1S/C21H19ClF2N4O2/c1-26(12-18-25-16-7-2-3-8-17(16)28(18)21(23)24)20(30)13-9-19(29)27(11-13)15-6-4-5-14(22)10-15/h2-8,10,13,21H,9,11-12H2,1H3/t13-/m1/s1. The van der Waals surface area contributed by atoms with Gasteiger partial charge in [-0.2, -0.15) is 8.78 Å². The summed E-state index contributed by atoms with van der Waals surface area (Å²) in [5, 5.41) is 0.498. The highest BCUT2D eigenvalue weighted by molar-refractivity contribution is 6.31. The average molecular weight is 433 g/mol. The Kier molecular flexibility index (Phi) is 5.42. The Balaban J connectivity index is 1.52. The highest BCUT2D eigenvalue weighted by Gasteiger charge is 2.37. The van der Waals surface area contributed by atoms with Crippen molar-refractivity contribution < 1.29 is 18.4 Å². The van der Waals surface area contributed by atoms with Crippen molar-refractivity contribution in [3.05, 3.63) is 59.4 Å². The number of para-hydroxylation sites is 2. The molecule has 1 aliphatic rings. The van der Waals surface area contributed by atoms with E-state index in [0.717, 1.165) is 4.57 Å². The highest BCUT2D eigenvalue weighted by Crippen LogP contribution is 2.29. The summed E-state index contributed by atoms with van der Waals surface area (Å²) in [7, 11) is 1.53. The van der Waals surface area contributed by atoms with Gasteiger partial charge in [0, 0.05) is 30.7 Å². The Morgan fingerprint density at radius 2 is 2.03 bits per heavy atom. The van der Waals surface area contributed by atoms with E-state index in [1.54, 1.807) is 48.5 Å². The van der Waals surface area contributed by atoms with E-state index in [2.05, 4.69) is 4.98 Å². The minimum Gasteiger partial charge on any atom is -0.338 e. The highest BCUT2D eigenvalue weighted by atomic mass is 35.5. The third-order valence-electron chi connectivity index (χ3n) is 5.21. The van der Waals surface area contributed by atoms with Crippen LogP contribution in [0.4, 0.5) is 14.5 Å². The van der Waals surface area contributed by atoms with Crippen LogP contribution in [0.15, 0.2) is 48.5 Å². The molecule has 0 unspecified atom stereocenters. The number of fused-ring (bicyclic) bond motifs is 1. The maximum Gasteiger partial charge on any atom is 0.320 e. The number of nitrogens with zero attached hydrogens (tertiary/aromatic N) is 4. The molecule has 2 aromatic carbocycles. The lowest BCUT2D eigenvalue weighted by Crippen LogP contribution is -2.35. The van der Waals surface area contributed by atoms with Crippen LogP contribution >= 0.6 is 11.6 Å². The van der Waals surface area contributed by atoms with Crippen LogP contribution in [-0.4, -0.2) is 39.9 Å². The molecule has 1 saturated heterocycles. The third-order valence-corrected chi connectivity index (χ3v) is 5.45. The first-order valence-corrected chi connectivity index (χ1v) is 9.78. The number of amides is 2. The van der Waals surface area contributed by atoms with Gasteiger partial charge in [-0.3, -0.25) is 14.2 Å². The SMILES string of the molecule is CN(Cc1nc2ccccc2n1C(F)F)C(=O)[C@@H]1CC(=O)N(c2cccc(Cl)c2)C1. The van der Waals surface area contributed by atoms with Gasteiger partial charge >= 0.3 is 6.55 Å². The zero-order chi connectivity index (χ0) is 21.4. The Hall–Kier alpha value is -3.00. The number of carbonyl (C=O) groups is 2. The van der Waals surface area contributed by atoms with Crippen LogP contribution < -0.4 is 4.90 Å². The molecule has 30 heavy (non-hydrogen) atoms. The quantitative estimate of drug-likeness (QED) is 0.610. The number of hydrogen-bond donors (Lipinski definition) is 0. The van der Waals surface area contributed by atoms with Crippen molar-refractivity contribution in [2.75, 3.05) is 18.5 Å². The van der Waals surface area contributed by atoms with Crippen LogP contribution in [-0.2, 0) is 16.1 Å². The molecule has 2 heterocycles. The van der Waals surface area contributed by atoms with Crippen molar-refractivity contribution in [2.24, 2.45) is 5.92 Å². The van der Waals surface area contributed by atoms with E-state index in [0.29, 0.717) is 21.7 Å². The maximum atomic E-state index is 13.6. The smallest absolute Gasteiger partial charge is 0.320 e. The van der Waals surface area contributed by atoms with Gasteiger partial charge < -0.3 is 9.80 Å². The van der Waals surface area contributed by atoms with Gasteiger partial charge in [0.15, 0.2) is 0 Å². The monoisotopic (exact) mass is 432 g/mol. The largest absolute Gasteiger partial charge is 0.338 e. The van der Waals surface area contributed by atoms with Crippen molar-refractivity contribution in [3.8, 4) is 0 Å². The summed E-state index contributed by atoms with van der Waals surface area (Å²) in [5.41, 5.74) is 1.38. The summed E-state index contributed by atoms with van der Waals surface area (Å²) in [6, 6.07) is 13.5. The van der Waals surface area contributed by atoms with Gasteiger partial charge in [-0.1, -0.05) is 29.8 Å². The molecule has 156 valence electrons. The van der Waals surface area contributed by atoms with Crippen molar-refractivity contribution in [1.82, 2.24) is 14.5 Å². The molecule has 1 aromatic heterocycles. The lowest BCUT2D eigenvalue weighted by atomic mass is 10.1. The molecular weight excluding hydrogens is 414 g/mol. The number of alkyl halides is 2. The molecule has 6 nitrogen and oxygen atoms in total. The Bertz CT molecular complexity index is 1120. The van der Waals surface area contributed by atoms with E-state index in [9.17, 15) is 18.4 Å². The molecule has 1 atom stereocenters. The van der Waals surface area contributed by atoms with Crippen molar-refractivity contribution in [2.45, 2.75) is 19.5 Å². The van der Waals surface area contributed by atoms with Crippen molar-refractivity contribution in [3.63, 3.8) is 0 Å². The predicted octanol–water partition coefficient (Wildman–Crippen LogP) is 4.10. The number of halogens is 3. The molecule has 4 rings (SSSR count). The molecule has 0 saturated carbocycles. The van der Waals surface area contributed by atoms with E-state index in [1.807, 2.05) is 0 Å². The summed E-state index contributed by atoms with van der Waals surface area (Å²) in [6.45, 7) is -2.64. The molecule has 0 radical (unpaired) electrons. The molecule has 2 amide bonds. The molecule has 1 aliphatic heterocycles. The van der Waals surface area contributed by atoms with Gasteiger partial charge in [0.1, 0.15) is 5.82 Å². The predicted molar refractivity (Wildman–Crippen MR) is 109 cm³/mol. The van der Waals surface area contributed by atoms with Gasteiger partial charge in [-0.05, 0) is 30.3 Å². The lowest BCUT2D eigenvalue weighted by molar-refractivity contribution is -0.135. The van der Waals surface area contributed by atoms with E-state index in [1.165, 1.54) is 16.8 Å². The van der Waals surface area contributed by atoms with Gasteiger partial charge in [0.25, 0.3) is 0 Å². The first-order valence-electron chi connectivity index (χ1n) is 9.40. The van der Waals surface area contributed by atoms with Crippen LogP contribution in [0.5, 0.6) is 0 Å². The molecule has 3 aromatic rings. The number of anilines is 1. The number of imidazole rings is 1. The summed E-state index contributed by atoms with van der Waals surface area (Å²) in [4.78, 5) is 32.5. The van der Waals surface area contributed by atoms with Crippen molar-refractivity contribution >= 4 is 40.1 Å². The second-order valence-electron chi connectivity index (χ2n) is 7.24. The minimum atomic E-state index is -2.78. The summed E-state index contributed by atoms with van der Waals surface area (Å²) < 4.78 is 28.1. The topological polar surface area (TPSA) is 58.4 Å². The molecular formula is C21H19ClF2N4O2. The van der Waals surface area contributed by atoms with E-state index in [-0.39, 0.29) is 37.1 Å². The van der Waals surface area contributed by atoms with Gasteiger partial charge in [0.2, 0.25) is 11.8 Å². The fourth-order valence-corrected chi connectivity index (χ4v) is 3.98. The zero-order valence-electron chi connectivity index (χ0n) is 16.1. The Labute approximate surface area is 176 Å². The third kappa shape index (κ3) is 3.75. The first kappa shape index (κ1) is 20.3. The molecule has 0 bridgehead atoms. The Morgan fingerprint density at radius 3 is 2.77 bits per heavy atom. The first-order chi connectivity index (χ1) is 14.3. The number of rotatable bonds is 5. The summed E-state index contributed by atoms with van der Waals surface area (Å²) in [5.74, 6) is -0.937. The normalized spacial score (nSPS) is 16.6. The van der Waals surface area contributed by atoms with Crippen LogP contribution in [0.2, 0.25) is 5.02 Å². The minimum absolute atomic E-state index is 0.0565. The van der Waals surface area contributed by atoms with Gasteiger partial charge in [-0.25, -0.2) is 4.98 Å². The average Bonchev–Trinajstić information content (AvgIpc) is 3.27. The molecule has 0 aliphatic carbocycles. The maximum absolute atomic E-state index is 13.6. The van der Waals surface area contributed by atoms with E-state index in [4.69, 9.17) is 11.6 Å². The fourth-order valence-electron chi connectivity index (χ4n) is 3.79. The molecule has 0 spiro atoms. The Morgan fingerprint density at radius 1 is 1.27 bits per heavy atom. The van der Waals surface area contributed by atoms with Crippen LogP contribution in [0.1, 0.15) is 18.8 Å². The lowest BCUT2D eigenvalue weighted by Gasteiger charge is -2.22. The second-order valence-corrected chi connectivity index (χ2v) is 7.68. The number of benzene rings is 2. The van der Waals surface area contributed by atoms with Crippen LogP contribution in [0.25, 0.3) is 11.0 Å². The van der Waals surface area contributed by atoms with Gasteiger partial charge in [-0.15, -0.1) is 0 Å². The van der Waals surface area contributed by atoms with Crippen LogP contribution in [0, 0.1) is 5.92 Å². The number of hydrogen-bond acceptors (Lipinski definition) is 3. The molecule has 9 heteroatoms. The fraction of sp³-hybridized carbons (Fsp3) is 0.286. The van der Waals surface area contributed by atoms with E-state index >= 15 is 0 Å². The number of aromatic nitrogens is 2. The summed E-state index contributed by atoms with van der Waals surface area (Å²) >= 11 is 6.00. The van der Waals surface area contributed by atoms with Gasteiger partial charge in [0.05, 0.1) is 23.5 Å². The summed E-state index contributed by atoms with van der Waals surface area (Å²) in [6.07, 6.45) is 0.0565. The van der Waals surface area contributed by atoms with E-state index < -0.39 is 12.5 Å².